The van der Waals surface area contributed by atoms with E-state index in [9.17, 15) is 14.4 Å². The minimum atomic E-state index is -0.565. The van der Waals surface area contributed by atoms with Crippen LogP contribution < -0.4 is 20.9 Å². The number of nitrogens with one attached hydrogen (secondary N) is 2. The highest BCUT2D eigenvalue weighted by atomic mass is 16.5. The zero-order chi connectivity index (χ0) is 19.0. The number of nitrogens with zero attached hydrogens (tertiary/aromatic N) is 2. The first-order valence-corrected chi connectivity index (χ1v) is 8.37. The van der Waals surface area contributed by atoms with Crippen LogP contribution in [0.3, 0.4) is 0 Å². The lowest BCUT2D eigenvalue weighted by Crippen LogP contribution is -2.34. The van der Waals surface area contributed by atoms with Crippen molar-refractivity contribution < 1.29 is 14.3 Å². The van der Waals surface area contributed by atoms with Crippen molar-refractivity contribution in [2.24, 2.45) is 0 Å². The number of benzene rings is 2. The summed E-state index contributed by atoms with van der Waals surface area (Å²) in [6.45, 7) is 1.50. The van der Waals surface area contributed by atoms with Crippen LogP contribution in [0.2, 0.25) is 0 Å². The quantitative estimate of drug-likeness (QED) is 0.737. The number of rotatable bonds is 3. The van der Waals surface area contributed by atoms with E-state index in [1.807, 2.05) is 6.07 Å². The van der Waals surface area contributed by atoms with Gasteiger partial charge in [0.1, 0.15) is 12.3 Å². The van der Waals surface area contributed by atoms with E-state index in [2.05, 4.69) is 15.6 Å². The van der Waals surface area contributed by atoms with Crippen molar-refractivity contribution >= 4 is 34.2 Å². The first-order chi connectivity index (χ1) is 13.0. The third-order valence-electron chi connectivity index (χ3n) is 4.25. The van der Waals surface area contributed by atoms with Gasteiger partial charge in [0.15, 0.2) is 6.10 Å². The fourth-order valence-corrected chi connectivity index (χ4v) is 2.91. The van der Waals surface area contributed by atoms with E-state index < -0.39 is 6.10 Å². The zero-order valence-corrected chi connectivity index (χ0v) is 14.4. The van der Waals surface area contributed by atoms with Gasteiger partial charge in [0.2, 0.25) is 5.91 Å². The molecule has 1 unspecified atom stereocenters. The number of carbonyl (C=O) groups is 2. The van der Waals surface area contributed by atoms with Gasteiger partial charge < -0.3 is 15.4 Å². The fraction of sp³-hybridized carbons (Fsp3) is 0.158. The molecule has 0 saturated carbocycles. The summed E-state index contributed by atoms with van der Waals surface area (Å²) >= 11 is 0. The Hall–Kier alpha value is -3.68. The molecule has 27 heavy (non-hydrogen) atoms. The van der Waals surface area contributed by atoms with Crippen molar-refractivity contribution in [2.45, 2.75) is 19.6 Å². The van der Waals surface area contributed by atoms with Gasteiger partial charge in [-0.3, -0.25) is 19.0 Å². The highest BCUT2D eigenvalue weighted by Crippen LogP contribution is 2.32. The van der Waals surface area contributed by atoms with Gasteiger partial charge in [0.25, 0.3) is 11.5 Å². The second-order valence-electron chi connectivity index (χ2n) is 6.18. The van der Waals surface area contributed by atoms with E-state index in [0.29, 0.717) is 28.2 Å². The number of ether oxygens (including phenoxy) is 1. The molecule has 3 aromatic rings. The summed E-state index contributed by atoms with van der Waals surface area (Å²) in [6, 6.07) is 12.1. The van der Waals surface area contributed by atoms with E-state index >= 15 is 0 Å². The summed E-state index contributed by atoms with van der Waals surface area (Å²) in [7, 11) is 0. The molecule has 0 aliphatic carbocycles. The van der Waals surface area contributed by atoms with Crippen LogP contribution in [-0.4, -0.2) is 27.5 Å². The number of fused-ring (bicyclic) bond motifs is 2. The number of carbonyl (C=O) groups excluding carboxylic acids is 2. The molecule has 0 bridgehead atoms. The number of anilines is 2. The number of para-hydroxylation sites is 2. The largest absolute Gasteiger partial charge is 0.479 e. The number of hydrogen-bond donors (Lipinski definition) is 2. The molecule has 0 saturated heterocycles. The van der Waals surface area contributed by atoms with E-state index in [1.54, 1.807) is 43.3 Å². The predicted molar refractivity (Wildman–Crippen MR) is 99.8 cm³/mol. The first-order valence-electron chi connectivity index (χ1n) is 8.37. The number of hydrogen-bond acceptors (Lipinski definition) is 5. The van der Waals surface area contributed by atoms with Gasteiger partial charge in [0.05, 0.1) is 22.9 Å². The molecule has 1 aliphatic rings. The summed E-state index contributed by atoms with van der Waals surface area (Å²) in [6.07, 6.45) is 0.632. The molecule has 8 nitrogen and oxygen atoms in total. The summed E-state index contributed by atoms with van der Waals surface area (Å²) in [4.78, 5) is 40.4. The molecule has 1 atom stereocenters. The van der Waals surface area contributed by atoms with Crippen molar-refractivity contribution in [1.82, 2.24) is 9.55 Å². The average molecular weight is 364 g/mol. The topological polar surface area (TPSA) is 102 Å². The molecule has 2 N–H and O–H groups in total. The van der Waals surface area contributed by atoms with Crippen molar-refractivity contribution in [2.75, 3.05) is 10.6 Å². The van der Waals surface area contributed by atoms with Gasteiger partial charge in [-0.15, -0.1) is 0 Å². The first kappa shape index (κ1) is 16.8. The summed E-state index contributed by atoms with van der Waals surface area (Å²) in [5.41, 5.74) is 1.84. The van der Waals surface area contributed by atoms with Crippen molar-refractivity contribution in [1.29, 1.82) is 0 Å². The highest BCUT2D eigenvalue weighted by Gasteiger charge is 2.23. The van der Waals surface area contributed by atoms with Crippen LogP contribution in [0, 0.1) is 0 Å². The summed E-state index contributed by atoms with van der Waals surface area (Å²) in [5, 5.41) is 5.46. The van der Waals surface area contributed by atoms with Gasteiger partial charge >= 0.3 is 0 Å². The minimum Gasteiger partial charge on any atom is -0.479 e. The van der Waals surface area contributed by atoms with Gasteiger partial charge in [-0.1, -0.05) is 12.1 Å². The second kappa shape index (κ2) is 6.56. The van der Waals surface area contributed by atoms with Crippen LogP contribution in [0.5, 0.6) is 5.75 Å². The third kappa shape index (κ3) is 3.24. The Labute approximate surface area is 153 Å². The predicted octanol–water partition coefficient (Wildman–Crippen LogP) is 1.75. The fourth-order valence-electron chi connectivity index (χ4n) is 2.91. The van der Waals surface area contributed by atoms with E-state index in [1.165, 1.54) is 10.8 Å². The van der Waals surface area contributed by atoms with Gasteiger partial charge in [-0.2, -0.15) is 0 Å². The SMILES string of the molecule is CC1Oc2ccc(NC(=O)Cn3c(=O)cnc4ccccc43)cc2NC1=O. The molecule has 2 amide bonds. The molecule has 0 radical (unpaired) electrons. The smallest absolute Gasteiger partial charge is 0.269 e. The maximum absolute atomic E-state index is 12.5. The maximum Gasteiger partial charge on any atom is 0.269 e. The van der Waals surface area contributed by atoms with E-state index in [-0.39, 0.29) is 23.9 Å². The Bertz CT molecular complexity index is 1120. The number of amides is 2. The highest BCUT2D eigenvalue weighted by molar-refractivity contribution is 5.99. The van der Waals surface area contributed by atoms with Crippen LogP contribution in [0.4, 0.5) is 11.4 Å². The van der Waals surface area contributed by atoms with Gasteiger partial charge in [-0.05, 0) is 37.3 Å². The lowest BCUT2D eigenvalue weighted by atomic mass is 10.2. The molecule has 4 rings (SSSR count). The van der Waals surface area contributed by atoms with Crippen LogP contribution in [0.15, 0.2) is 53.5 Å². The lowest BCUT2D eigenvalue weighted by Gasteiger charge is -2.23. The Balaban J connectivity index is 1.56. The van der Waals surface area contributed by atoms with Crippen LogP contribution in [-0.2, 0) is 16.1 Å². The molecule has 2 heterocycles. The van der Waals surface area contributed by atoms with Gasteiger partial charge in [-0.25, -0.2) is 4.98 Å². The monoisotopic (exact) mass is 364 g/mol. The standard InChI is InChI=1S/C19H16N4O4/c1-11-19(26)22-14-8-12(6-7-16(14)27-11)21-17(24)10-23-15-5-3-2-4-13(15)20-9-18(23)25/h2-9,11H,10H2,1H3,(H,21,24)(H,22,26). The average Bonchev–Trinajstić information content (AvgIpc) is 2.65. The molecule has 0 fully saturated rings. The summed E-state index contributed by atoms with van der Waals surface area (Å²) in [5.74, 6) is -0.0814. The van der Waals surface area contributed by atoms with E-state index in [0.717, 1.165) is 0 Å². The molecule has 1 aliphatic heterocycles. The molecule has 0 spiro atoms. The Morgan fingerprint density at radius 3 is 2.93 bits per heavy atom. The Morgan fingerprint density at radius 2 is 2.07 bits per heavy atom. The molecule has 8 heteroatoms. The molecule has 2 aromatic carbocycles. The van der Waals surface area contributed by atoms with Crippen molar-refractivity contribution in [3.05, 3.63) is 59.0 Å². The molecular weight excluding hydrogens is 348 g/mol. The second-order valence-corrected chi connectivity index (χ2v) is 6.18. The zero-order valence-electron chi connectivity index (χ0n) is 14.4. The lowest BCUT2D eigenvalue weighted by molar-refractivity contribution is -0.122. The Morgan fingerprint density at radius 1 is 1.26 bits per heavy atom. The van der Waals surface area contributed by atoms with Crippen molar-refractivity contribution in [3.8, 4) is 5.75 Å². The number of aromatic nitrogens is 2. The van der Waals surface area contributed by atoms with E-state index in [4.69, 9.17) is 4.74 Å². The van der Waals surface area contributed by atoms with Crippen molar-refractivity contribution in [3.63, 3.8) is 0 Å². The van der Waals surface area contributed by atoms with Crippen LogP contribution in [0.25, 0.3) is 11.0 Å². The van der Waals surface area contributed by atoms with Crippen LogP contribution in [0.1, 0.15) is 6.92 Å². The normalized spacial score (nSPS) is 15.6. The minimum absolute atomic E-state index is 0.154. The summed E-state index contributed by atoms with van der Waals surface area (Å²) < 4.78 is 6.85. The van der Waals surface area contributed by atoms with Crippen LogP contribution >= 0.6 is 0 Å². The maximum atomic E-state index is 12.5. The third-order valence-corrected chi connectivity index (χ3v) is 4.25. The molecular formula is C19H16N4O4. The molecule has 136 valence electrons. The Kier molecular flexibility index (Phi) is 4.08. The van der Waals surface area contributed by atoms with Gasteiger partial charge in [0, 0.05) is 5.69 Å². The molecule has 1 aromatic heterocycles.